The van der Waals surface area contributed by atoms with Crippen LogP contribution in [-0.4, -0.2) is 96.0 Å². The summed E-state index contributed by atoms with van der Waals surface area (Å²) in [6.07, 6.45) is 1.48. The molecule has 2 saturated heterocycles. The second-order valence-corrected chi connectivity index (χ2v) is 13.9. The average Bonchev–Trinajstić information content (AvgIpc) is 3.50. The SMILES string of the molecule is CC/C(=C(\c1ccc(O)cc1)c1ccc(OCCN2CCN(CCNc3ccc4c(c3)CN(C3CCC(=O)NC3=O)C4=O)CC2)cc1)c1ccccc1. The summed E-state index contributed by atoms with van der Waals surface area (Å²) in [5.74, 6) is 0.277. The zero-order valence-electron chi connectivity index (χ0n) is 30.2. The van der Waals surface area contributed by atoms with E-state index < -0.39 is 11.9 Å². The molecule has 2 fully saturated rings. The van der Waals surface area contributed by atoms with Crippen LogP contribution in [0.3, 0.4) is 0 Å². The Labute approximate surface area is 311 Å². The van der Waals surface area contributed by atoms with Gasteiger partial charge in [-0.25, -0.2) is 0 Å². The Kier molecular flexibility index (Phi) is 11.2. The standard InChI is InChI=1S/C43H47N5O5/c1-2-37(30-6-4-3-5-7-30)41(31-8-13-35(49)14-9-31)32-10-15-36(16-11-32)53-27-26-47-24-22-46(23-25-47)21-20-44-34-12-17-38-33(28-34)29-48(43(38)52)39-18-19-40(50)45-42(39)51/h3-17,28,39,44,49H,2,18-27,29H2,1H3,(H,45,50,51)/b41-37-. The van der Waals surface area contributed by atoms with Crippen molar-refractivity contribution in [2.45, 2.75) is 38.8 Å². The van der Waals surface area contributed by atoms with E-state index in [2.05, 4.69) is 63.8 Å². The highest BCUT2D eigenvalue weighted by Gasteiger charge is 2.39. The van der Waals surface area contributed by atoms with E-state index in [1.54, 1.807) is 17.0 Å². The highest BCUT2D eigenvalue weighted by molar-refractivity contribution is 6.05. The van der Waals surface area contributed by atoms with Gasteiger partial charge in [0.2, 0.25) is 11.8 Å². The van der Waals surface area contributed by atoms with Crippen LogP contribution in [0.4, 0.5) is 5.69 Å². The number of carbonyl (C=O) groups is 3. The molecule has 0 bridgehead atoms. The number of anilines is 1. The van der Waals surface area contributed by atoms with Gasteiger partial charge in [-0.15, -0.1) is 0 Å². The average molecular weight is 714 g/mol. The summed E-state index contributed by atoms with van der Waals surface area (Å²) in [4.78, 5) is 43.4. The fourth-order valence-corrected chi connectivity index (χ4v) is 7.60. The highest BCUT2D eigenvalue weighted by Crippen LogP contribution is 2.36. The zero-order valence-corrected chi connectivity index (χ0v) is 30.2. The maximum atomic E-state index is 13.0. The number of piperazine rings is 1. The minimum Gasteiger partial charge on any atom is -0.508 e. The molecule has 0 aromatic heterocycles. The van der Waals surface area contributed by atoms with Crippen molar-refractivity contribution < 1.29 is 24.2 Å². The van der Waals surface area contributed by atoms with Crippen molar-refractivity contribution in [3.63, 3.8) is 0 Å². The van der Waals surface area contributed by atoms with Crippen LogP contribution in [-0.2, 0) is 16.1 Å². The maximum Gasteiger partial charge on any atom is 0.255 e. The number of hydrogen-bond donors (Lipinski definition) is 3. The molecule has 3 N–H and O–H groups in total. The third kappa shape index (κ3) is 8.45. The molecule has 0 saturated carbocycles. The van der Waals surface area contributed by atoms with E-state index in [9.17, 15) is 19.5 Å². The minimum absolute atomic E-state index is 0.153. The molecule has 0 spiro atoms. The van der Waals surface area contributed by atoms with Crippen molar-refractivity contribution in [1.82, 2.24) is 20.0 Å². The number of aromatic hydroxyl groups is 1. The van der Waals surface area contributed by atoms with Gasteiger partial charge < -0.3 is 20.1 Å². The zero-order chi connectivity index (χ0) is 36.7. The molecule has 10 nitrogen and oxygen atoms in total. The first kappa shape index (κ1) is 35.9. The number of nitrogens with one attached hydrogen (secondary N) is 2. The summed E-state index contributed by atoms with van der Waals surface area (Å²) in [6.45, 7) is 9.70. The van der Waals surface area contributed by atoms with Crippen molar-refractivity contribution >= 4 is 34.6 Å². The Morgan fingerprint density at radius 3 is 2.19 bits per heavy atom. The lowest BCUT2D eigenvalue weighted by molar-refractivity contribution is -0.136. The second kappa shape index (κ2) is 16.5. The van der Waals surface area contributed by atoms with Crippen LogP contribution in [0.2, 0.25) is 0 Å². The van der Waals surface area contributed by atoms with Gasteiger partial charge in [0, 0.05) is 70.0 Å². The first-order valence-corrected chi connectivity index (χ1v) is 18.6. The van der Waals surface area contributed by atoms with Gasteiger partial charge in [0.15, 0.2) is 0 Å². The number of phenolic OH excluding ortho intramolecular Hbond substituents is 1. The molecule has 3 aliphatic heterocycles. The molecule has 3 amide bonds. The largest absolute Gasteiger partial charge is 0.508 e. The number of allylic oxidation sites excluding steroid dienone is 1. The second-order valence-electron chi connectivity index (χ2n) is 13.9. The number of piperidine rings is 1. The summed E-state index contributed by atoms with van der Waals surface area (Å²) >= 11 is 0. The fourth-order valence-electron chi connectivity index (χ4n) is 7.60. The Morgan fingerprint density at radius 2 is 1.51 bits per heavy atom. The molecule has 3 aliphatic rings. The first-order valence-electron chi connectivity index (χ1n) is 18.6. The number of hydrogen-bond acceptors (Lipinski definition) is 8. The van der Waals surface area contributed by atoms with Gasteiger partial charge in [0.05, 0.1) is 0 Å². The van der Waals surface area contributed by atoms with E-state index in [4.69, 9.17) is 4.74 Å². The summed E-state index contributed by atoms with van der Waals surface area (Å²) in [5, 5.41) is 15.8. The molecule has 0 aliphatic carbocycles. The van der Waals surface area contributed by atoms with Crippen molar-refractivity contribution in [3.05, 3.63) is 125 Å². The molecule has 4 aromatic carbocycles. The van der Waals surface area contributed by atoms with E-state index in [0.29, 0.717) is 25.1 Å². The number of nitrogens with zero attached hydrogens (tertiary/aromatic N) is 3. The molecule has 7 rings (SSSR count). The Hall–Kier alpha value is -5.45. The summed E-state index contributed by atoms with van der Waals surface area (Å²) in [7, 11) is 0. The number of amides is 3. The molecule has 53 heavy (non-hydrogen) atoms. The van der Waals surface area contributed by atoms with Gasteiger partial charge in [0.25, 0.3) is 5.91 Å². The number of carbonyl (C=O) groups excluding carboxylic acids is 3. The Bertz CT molecular complexity index is 1950. The third-order valence-electron chi connectivity index (χ3n) is 10.5. The number of ether oxygens (including phenoxy) is 1. The van der Waals surface area contributed by atoms with Gasteiger partial charge in [-0.2, -0.15) is 0 Å². The Morgan fingerprint density at radius 1 is 0.830 bits per heavy atom. The molecular formula is C43H47N5O5. The van der Waals surface area contributed by atoms with Crippen LogP contribution in [0.1, 0.15) is 58.8 Å². The van der Waals surface area contributed by atoms with Crippen LogP contribution in [0.5, 0.6) is 11.5 Å². The number of rotatable bonds is 13. The van der Waals surface area contributed by atoms with Crippen LogP contribution in [0, 0.1) is 0 Å². The maximum absolute atomic E-state index is 13.0. The monoisotopic (exact) mass is 713 g/mol. The highest BCUT2D eigenvalue weighted by atomic mass is 16.5. The predicted octanol–water partition coefficient (Wildman–Crippen LogP) is 5.63. The smallest absolute Gasteiger partial charge is 0.255 e. The molecule has 0 radical (unpaired) electrons. The molecule has 1 unspecified atom stereocenters. The summed E-state index contributed by atoms with van der Waals surface area (Å²) in [5.41, 5.74) is 8.25. The van der Waals surface area contributed by atoms with E-state index >= 15 is 0 Å². The predicted molar refractivity (Wildman–Crippen MR) is 207 cm³/mol. The van der Waals surface area contributed by atoms with E-state index in [1.807, 2.05) is 48.5 Å². The van der Waals surface area contributed by atoms with Crippen molar-refractivity contribution in [1.29, 1.82) is 0 Å². The fraction of sp³-hybridized carbons (Fsp3) is 0.326. The molecule has 3 heterocycles. The first-order chi connectivity index (χ1) is 25.9. The van der Waals surface area contributed by atoms with E-state index in [-0.39, 0.29) is 24.0 Å². The number of phenols is 1. The van der Waals surface area contributed by atoms with Crippen molar-refractivity contribution in [2.75, 3.05) is 57.7 Å². The lowest BCUT2D eigenvalue weighted by Gasteiger charge is -2.34. The lowest BCUT2D eigenvalue weighted by Crippen LogP contribution is -2.52. The number of fused-ring (bicyclic) bond motifs is 1. The third-order valence-corrected chi connectivity index (χ3v) is 10.5. The molecule has 274 valence electrons. The van der Waals surface area contributed by atoms with Crippen molar-refractivity contribution in [2.24, 2.45) is 0 Å². The van der Waals surface area contributed by atoms with Crippen LogP contribution >= 0.6 is 0 Å². The van der Waals surface area contributed by atoms with Crippen LogP contribution in [0.25, 0.3) is 11.1 Å². The lowest BCUT2D eigenvalue weighted by atomic mass is 9.88. The van der Waals surface area contributed by atoms with Crippen LogP contribution in [0.15, 0.2) is 97.1 Å². The van der Waals surface area contributed by atoms with E-state index in [0.717, 1.165) is 85.9 Å². The molecule has 1 atom stereocenters. The van der Waals surface area contributed by atoms with Gasteiger partial charge in [-0.3, -0.25) is 29.5 Å². The Balaban J connectivity index is 0.858. The van der Waals surface area contributed by atoms with Crippen molar-refractivity contribution in [3.8, 4) is 11.5 Å². The van der Waals surface area contributed by atoms with Gasteiger partial charge in [-0.05, 0) is 88.7 Å². The van der Waals surface area contributed by atoms with Gasteiger partial charge in [0.1, 0.15) is 24.1 Å². The molecule has 10 heteroatoms. The summed E-state index contributed by atoms with van der Waals surface area (Å²) < 4.78 is 6.19. The van der Waals surface area contributed by atoms with Crippen LogP contribution < -0.4 is 15.4 Å². The van der Waals surface area contributed by atoms with Gasteiger partial charge >= 0.3 is 0 Å². The molecule has 4 aromatic rings. The number of benzene rings is 4. The quantitative estimate of drug-likeness (QED) is 0.121. The summed E-state index contributed by atoms with van der Waals surface area (Å²) in [6, 6.07) is 31.4. The normalized spacial score (nSPS) is 18.4. The van der Waals surface area contributed by atoms with E-state index in [1.165, 1.54) is 11.1 Å². The van der Waals surface area contributed by atoms with Gasteiger partial charge in [-0.1, -0.05) is 61.5 Å². The number of imide groups is 1. The topological polar surface area (TPSA) is 114 Å². The minimum atomic E-state index is -0.602. The molecular weight excluding hydrogens is 667 g/mol.